The lowest BCUT2D eigenvalue weighted by atomic mass is 10.1. The second-order valence-electron chi connectivity index (χ2n) is 5.96. The van der Waals surface area contributed by atoms with E-state index in [2.05, 4.69) is 4.98 Å². The van der Waals surface area contributed by atoms with Gasteiger partial charge >= 0.3 is 6.09 Å². The quantitative estimate of drug-likeness (QED) is 0.662. The van der Waals surface area contributed by atoms with Crippen molar-refractivity contribution in [3.8, 4) is 0 Å². The van der Waals surface area contributed by atoms with Gasteiger partial charge in [-0.25, -0.2) is 9.69 Å². The number of aliphatic hydroxyl groups is 1. The van der Waals surface area contributed by atoms with Crippen LogP contribution in [0.1, 0.15) is 28.9 Å². The van der Waals surface area contributed by atoms with Gasteiger partial charge in [0.05, 0.1) is 17.9 Å². The van der Waals surface area contributed by atoms with Gasteiger partial charge in [-0.15, -0.1) is 0 Å². The van der Waals surface area contributed by atoms with Crippen LogP contribution in [0.15, 0.2) is 30.3 Å². The summed E-state index contributed by atoms with van der Waals surface area (Å²) < 4.78 is 5.09. The smallest absolute Gasteiger partial charge is 0.421 e. The van der Waals surface area contributed by atoms with Gasteiger partial charge in [-0.05, 0) is 37.6 Å². The molecule has 1 aromatic heterocycles. The number of aromatic nitrogens is 1. The zero-order chi connectivity index (χ0) is 18.0. The number of hydrogen-bond donors (Lipinski definition) is 2. The van der Waals surface area contributed by atoms with E-state index < -0.39 is 12.0 Å². The Labute approximate surface area is 145 Å². The van der Waals surface area contributed by atoms with Crippen LogP contribution in [0, 0.1) is 13.8 Å². The summed E-state index contributed by atoms with van der Waals surface area (Å²) in [6.45, 7) is 3.90. The second-order valence-corrected chi connectivity index (χ2v) is 5.96. The molecule has 0 saturated heterocycles. The molecule has 1 aliphatic heterocycles. The lowest BCUT2D eigenvalue weighted by Crippen LogP contribution is -2.34. The van der Waals surface area contributed by atoms with Crippen LogP contribution in [-0.4, -0.2) is 35.3 Å². The molecule has 2 aromatic rings. The molecule has 6 nitrogen and oxygen atoms in total. The predicted molar refractivity (Wildman–Crippen MR) is 95.1 cm³/mol. The third-order valence-electron chi connectivity index (χ3n) is 4.06. The highest BCUT2D eigenvalue weighted by atomic mass is 16.6. The molecular weight excluding hydrogens is 320 g/mol. The first-order valence-electron chi connectivity index (χ1n) is 8.12. The Kier molecular flexibility index (Phi) is 4.72. The molecule has 2 heterocycles. The number of aliphatic hydroxyl groups excluding tert-OH is 1. The van der Waals surface area contributed by atoms with Crippen molar-refractivity contribution in [3.63, 3.8) is 0 Å². The van der Waals surface area contributed by atoms with Gasteiger partial charge < -0.3 is 14.8 Å². The van der Waals surface area contributed by atoms with Crippen LogP contribution >= 0.6 is 0 Å². The van der Waals surface area contributed by atoms with Crippen molar-refractivity contribution in [2.45, 2.75) is 20.3 Å². The van der Waals surface area contributed by atoms with Gasteiger partial charge in [-0.3, -0.25) is 4.79 Å². The number of ether oxygens (including phenoxy) is 1. The summed E-state index contributed by atoms with van der Waals surface area (Å²) in [6.07, 6.45) is 1.37. The largest absolute Gasteiger partial charge is 0.449 e. The summed E-state index contributed by atoms with van der Waals surface area (Å²) in [4.78, 5) is 29.4. The number of anilines is 1. The molecule has 0 fully saturated rings. The van der Waals surface area contributed by atoms with Gasteiger partial charge in [0, 0.05) is 30.0 Å². The molecule has 0 unspecified atom stereocenters. The Bertz CT molecular complexity index is 851. The topological polar surface area (TPSA) is 82.6 Å². The van der Waals surface area contributed by atoms with E-state index in [1.165, 1.54) is 0 Å². The van der Waals surface area contributed by atoms with Gasteiger partial charge in [-0.1, -0.05) is 18.2 Å². The van der Waals surface area contributed by atoms with E-state index in [-0.39, 0.29) is 13.2 Å². The first-order chi connectivity index (χ1) is 12.0. The zero-order valence-corrected chi connectivity index (χ0v) is 14.2. The number of benzene rings is 1. The molecule has 2 amide bonds. The summed E-state index contributed by atoms with van der Waals surface area (Å²) >= 11 is 0. The molecule has 0 atom stereocenters. The Balaban J connectivity index is 1.98. The van der Waals surface area contributed by atoms with Gasteiger partial charge in [0.2, 0.25) is 0 Å². The fourth-order valence-electron chi connectivity index (χ4n) is 2.89. The number of nitrogens with one attached hydrogen (secondary N) is 1. The van der Waals surface area contributed by atoms with Crippen molar-refractivity contribution in [2.24, 2.45) is 0 Å². The van der Waals surface area contributed by atoms with Crippen molar-refractivity contribution in [3.05, 3.63) is 52.8 Å². The molecule has 0 aliphatic carbocycles. The van der Waals surface area contributed by atoms with Crippen LogP contribution in [0.2, 0.25) is 0 Å². The normalized spacial score (nSPS) is 14.9. The molecule has 2 N–H and O–H groups in total. The molecule has 0 bridgehead atoms. The Hall–Kier alpha value is -2.86. The molecule has 1 aromatic carbocycles. The fraction of sp³-hybridized carbons (Fsp3) is 0.263. The van der Waals surface area contributed by atoms with E-state index in [1.54, 1.807) is 18.2 Å². The van der Waals surface area contributed by atoms with Crippen molar-refractivity contribution in [1.82, 2.24) is 4.98 Å². The number of carbonyl (C=O) groups is 2. The molecule has 130 valence electrons. The summed E-state index contributed by atoms with van der Waals surface area (Å²) in [5.41, 5.74) is 4.51. The number of fused-ring (bicyclic) bond motifs is 1. The average molecular weight is 340 g/mol. The first-order valence-corrected chi connectivity index (χ1v) is 8.12. The molecular formula is C19H20N2O4. The Morgan fingerprint density at radius 2 is 2.08 bits per heavy atom. The second kappa shape index (κ2) is 6.94. The van der Waals surface area contributed by atoms with Crippen LogP contribution in [0.25, 0.3) is 11.6 Å². The van der Waals surface area contributed by atoms with Crippen LogP contribution in [0.5, 0.6) is 0 Å². The summed E-state index contributed by atoms with van der Waals surface area (Å²) in [7, 11) is 0. The van der Waals surface area contributed by atoms with Crippen molar-refractivity contribution < 1.29 is 19.4 Å². The number of H-pyrrole nitrogens is 1. The third-order valence-corrected chi connectivity index (χ3v) is 4.06. The highest BCUT2D eigenvalue weighted by Crippen LogP contribution is 2.38. The van der Waals surface area contributed by atoms with Crippen LogP contribution in [-0.2, 0) is 9.53 Å². The molecule has 0 saturated carbocycles. The predicted octanol–water partition coefficient (Wildman–Crippen LogP) is 3.04. The lowest BCUT2D eigenvalue weighted by Gasteiger charge is -2.14. The minimum absolute atomic E-state index is 0.0647. The maximum atomic E-state index is 12.9. The third kappa shape index (κ3) is 3.21. The van der Waals surface area contributed by atoms with E-state index in [0.29, 0.717) is 23.2 Å². The van der Waals surface area contributed by atoms with Crippen molar-refractivity contribution >= 4 is 29.3 Å². The van der Waals surface area contributed by atoms with Gasteiger partial charge in [0.1, 0.15) is 0 Å². The lowest BCUT2D eigenvalue weighted by molar-refractivity contribution is -0.112. The first kappa shape index (κ1) is 17.0. The standard InChI is InChI=1S/C19H20N2O4/c1-12-10-13(2)20-16(12)11-15-14-6-3-4-7-17(14)21(18(15)23)19(24)25-9-5-8-22/h3-4,6-7,10-11,20,22H,5,8-9H2,1-2H3/b15-11-. The summed E-state index contributed by atoms with van der Waals surface area (Å²) in [6, 6.07) is 9.12. The van der Waals surface area contributed by atoms with Crippen molar-refractivity contribution in [2.75, 3.05) is 18.1 Å². The van der Waals surface area contributed by atoms with E-state index >= 15 is 0 Å². The molecule has 25 heavy (non-hydrogen) atoms. The maximum absolute atomic E-state index is 12.9. The molecule has 6 heteroatoms. The molecule has 0 radical (unpaired) electrons. The van der Waals surface area contributed by atoms with Crippen LogP contribution in [0.4, 0.5) is 10.5 Å². The number of hydrogen-bond acceptors (Lipinski definition) is 4. The SMILES string of the molecule is Cc1cc(C)c(/C=C2\C(=O)N(C(=O)OCCCO)c3ccccc32)[nH]1. The van der Waals surface area contributed by atoms with Gasteiger partial charge in [-0.2, -0.15) is 0 Å². The summed E-state index contributed by atoms with van der Waals surface area (Å²) in [5, 5.41) is 8.80. The number of imide groups is 1. The number of carbonyl (C=O) groups excluding carboxylic acids is 2. The minimum atomic E-state index is -0.728. The van der Waals surface area contributed by atoms with E-state index in [1.807, 2.05) is 32.0 Å². The number of aryl methyl sites for hydroxylation is 2. The number of rotatable bonds is 4. The van der Waals surface area contributed by atoms with Gasteiger partial charge in [0.25, 0.3) is 5.91 Å². The van der Waals surface area contributed by atoms with Crippen molar-refractivity contribution in [1.29, 1.82) is 0 Å². The summed E-state index contributed by atoms with van der Waals surface area (Å²) in [5.74, 6) is -0.415. The minimum Gasteiger partial charge on any atom is -0.449 e. The van der Waals surface area contributed by atoms with E-state index in [9.17, 15) is 9.59 Å². The molecule has 3 rings (SSSR count). The molecule has 0 spiro atoms. The number of nitrogens with zero attached hydrogens (tertiary/aromatic N) is 1. The highest BCUT2D eigenvalue weighted by Gasteiger charge is 2.37. The Morgan fingerprint density at radius 3 is 2.76 bits per heavy atom. The van der Waals surface area contributed by atoms with E-state index in [4.69, 9.17) is 9.84 Å². The average Bonchev–Trinajstić information content (AvgIpc) is 3.05. The number of aromatic amines is 1. The number of amides is 2. The molecule has 1 aliphatic rings. The Morgan fingerprint density at radius 1 is 1.32 bits per heavy atom. The number of para-hydroxylation sites is 1. The zero-order valence-electron chi connectivity index (χ0n) is 14.2. The van der Waals surface area contributed by atoms with Crippen LogP contribution in [0.3, 0.4) is 0 Å². The highest BCUT2D eigenvalue weighted by molar-refractivity contribution is 6.41. The van der Waals surface area contributed by atoms with Crippen LogP contribution < -0.4 is 4.90 Å². The fourth-order valence-corrected chi connectivity index (χ4v) is 2.89. The van der Waals surface area contributed by atoms with Gasteiger partial charge in [0.15, 0.2) is 0 Å². The van der Waals surface area contributed by atoms with E-state index in [0.717, 1.165) is 21.9 Å². The maximum Gasteiger partial charge on any atom is 0.421 e. The monoisotopic (exact) mass is 340 g/mol.